The number of furan rings is 1. The second-order valence-electron chi connectivity index (χ2n) is 4.97. The molecule has 0 fully saturated rings. The van der Waals surface area contributed by atoms with Crippen molar-refractivity contribution in [1.29, 1.82) is 0 Å². The summed E-state index contributed by atoms with van der Waals surface area (Å²) in [4.78, 5) is 11.7. The largest absolute Gasteiger partial charge is 0.459 e. The maximum absolute atomic E-state index is 12.7. The third kappa shape index (κ3) is 3.25. The van der Waals surface area contributed by atoms with Gasteiger partial charge in [-0.15, -0.1) is 5.10 Å². The quantitative estimate of drug-likeness (QED) is 0.790. The van der Waals surface area contributed by atoms with Crippen LogP contribution in [0.5, 0.6) is 0 Å². The normalized spacial score (nSPS) is 13.2. The minimum Gasteiger partial charge on any atom is -0.459 e. The van der Waals surface area contributed by atoms with Gasteiger partial charge in [0.15, 0.2) is 5.76 Å². The SMILES string of the molecule is O=c1oc(-c2ccco2)nn1C[C@@H](O)c1cccc(C(F)(F)F)c1. The van der Waals surface area contributed by atoms with Crippen LogP contribution in [-0.4, -0.2) is 14.9 Å². The Kier molecular flexibility index (Phi) is 4.02. The van der Waals surface area contributed by atoms with Crippen LogP contribution in [0.4, 0.5) is 13.2 Å². The fourth-order valence-corrected chi connectivity index (χ4v) is 2.11. The van der Waals surface area contributed by atoms with Gasteiger partial charge in [0.1, 0.15) is 0 Å². The van der Waals surface area contributed by atoms with Crippen LogP contribution in [0.25, 0.3) is 11.7 Å². The molecule has 0 saturated heterocycles. The van der Waals surface area contributed by atoms with Gasteiger partial charge in [-0.3, -0.25) is 0 Å². The number of halogens is 3. The number of aliphatic hydroxyl groups is 1. The van der Waals surface area contributed by atoms with E-state index < -0.39 is 23.6 Å². The zero-order valence-corrected chi connectivity index (χ0v) is 12.0. The third-order valence-corrected chi connectivity index (χ3v) is 3.28. The Bertz CT molecular complexity index is 881. The smallest absolute Gasteiger partial charge is 0.437 e. The highest BCUT2D eigenvalue weighted by Gasteiger charge is 2.31. The maximum Gasteiger partial charge on any atom is 0.437 e. The molecule has 3 rings (SSSR count). The number of aliphatic hydroxyl groups excluding tert-OH is 1. The summed E-state index contributed by atoms with van der Waals surface area (Å²) in [5.41, 5.74) is -0.873. The van der Waals surface area contributed by atoms with Gasteiger partial charge < -0.3 is 13.9 Å². The van der Waals surface area contributed by atoms with Gasteiger partial charge in [0, 0.05) is 0 Å². The van der Waals surface area contributed by atoms with Crippen molar-refractivity contribution in [3.8, 4) is 11.7 Å². The molecule has 0 aliphatic heterocycles. The lowest BCUT2D eigenvalue weighted by atomic mass is 10.1. The Morgan fingerprint density at radius 2 is 2.04 bits per heavy atom. The van der Waals surface area contributed by atoms with Crippen molar-refractivity contribution < 1.29 is 27.1 Å². The fraction of sp³-hybridized carbons (Fsp3) is 0.200. The van der Waals surface area contributed by atoms with E-state index >= 15 is 0 Å². The topological polar surface area (TPSA) is 81.4 Å². The number of benzene rings is 1. The van der Waals surface area contributed by atoms with E-state index in [-0.39, 0.29) is 23.8 Å². The molecule has 126 valence electrons. The van der Waals surface area contributed by atoms with Gasteiger partial charge in [-0.05, 0) is 29.8 Å². The molecule has 0 saturated carbocycles. The minimum atomic E-state index is -4.52. The van der Waals surface area contributed by atoms with Gasteiger partial charge in [-0.2, -0.15) is 17.9 Å². The van der Waals surface area contributed by atoms with Crippen molar-refractivity contribution in [3.63, 3.8) is 0 Å². The molecular formula is C15H11F3N2O4. The molecule has 3 aromatic rings. The number of hydrogen-bond acceptors (Lipinski definition) is 5. The van der Waals surface area contributed by atoms with Crippen molar-refractivity contribution >= 4 is 0 Å². The van der Waals surface area contributed by atoms with Crippen LogP contribution in [0.1, 0.15) is 17.2 Å². The summed E-state index contributed by atoms with van der Waals surface area (Å²) in [5.74, 6) is -0.715. The van der Waals surface area contributed by atoms with E-state index in [2.05, 4.69) is 5.10 Å². The van der Waals surface area contributed by atoms with Gasteiger partial charge in [0.25, 0.3) is 5.89 Å². The molecule has 0 bridgehead atoms. The monoisotopic (exact) mass is 340 g/mol. The van der Waals surface area contributed by atoms with Gasteiger partial charge >= 0.3 is 11.9 Å². The molecule has 9 heteroatoms. The lowest BCUT2D eigenvalue weighted by Crippen LogP contribution is -2.20. The van der Waals surface area contributed by atoms with Crippen LogP contribution in [0.15, 0.2) is 56.3 Å². The minimum absolute atomic E-state index is 0.0132. The molecule has 24 heavy (non-hydrogen) atoms. The highest BCUT2D eigenvalue weighted by molar-refractivity contribution is 5.42. The van der Waals surface area contributed by atoms with Crippen LogP contribution in [0.2, 0.25) is 0 Å². The first kappa shape index (κ1) is 16.1. The van der Waals surface area contributed by atoms with Crippen molar-refractivity contribution in [3.05, 3.63) is 64.3 Å². The van der Waals surface area contributed by atoms with Crippen LogP contribution in [0, 0.1) is 0 Å². The summed E-state index contributed by atoms with van der Waals surface area (Å²) in [6.45, 7) is -0.357. The Balaban J connectivity index is 1.83. The Hall–Kier alpha value is -2.81. The van der Waals surface area contributed by atoms with Crippen LogP contribution < -0.4 is 5.76 Å². The average Bonchev–Trinajstić information content (AvgIpc) is 3.17. The highest BCUT2D eigenvalue weighted by atomic mass is 19.4. The molecule has 2 aromatic heterocycles. The van der Waals surface area contributed by atoms with Gasteiger partial charge in [-0.25, -0.2) is 4.79 Å². The van der Waals surface area contributed by atoms with E-state index in [0.717, 1.165) is 16.8 Å². The molecular weight excluding hydrogens is 329 g/mol. The lowest BCUT2D eigenvalue weighted by molar-refractivity contribution is -0.137. The summed E-state index contributed by atoms with van der Waals surface area (Å²) in [6, 6.07) is 7.33. The molecule has 0 aliphatic rings. The van der Waals surface area contributed by atoms with Crippen molar-refractivity contribution in [1.82, 2.24) is 9.78 Å². The van der Waals surface area contributed by atoms with E-state index in [1.807, 2.05) is 0 Å². The average molecular weight is 340 g/mol. The predicted molar refractivity (Wildman–Crippen MR) is 74.9 cm³/mol. The zero-order valence-electron chi connectivity index (χ0n) is 12.0. The zero-order chi connectivity index (χ0) is 17.3. The van der Waals surface area contributed by atoms with E-state index in [9.17, 15) is 23.1 Å². The van der Waals surface area contributed by atoms with E-state index in [0.29, 0.717) is 0 Å². The van der Waals surface area contributed by atoms with E-state index in [1.54, 1.807) is 6.07 Å². The number of hydrogen-bond donors (Lipinski definition) is 1. The third-order valence-electron chi connectivity index (χ3n) is 3.28. The second kappa shape index (κ2) is 6.00. The van der Waals surface area contributed by atoms with Crippen LogP contribution in [-0.2, 0) is 12.7 Å². The fourth-order valence-electron chi connectivity index (χ4n) is 2.11. The Labute approximate surface area is 132 Å². The maximum atomic E-state index is 12.7. The summed E-state index contributed by atoms with van der Waals surface area (Å²) in [7, 11) is 0. The molecule has 6 nitrogen and oxygen atoms in total. The first-order valence-corrected chi connectivity index (χ1v) is 6.81. The first-order chi connectivity index (χ1) is 11.3. The number of aromatic nitrogens is 2. The van der Waals surface area contributed by atoms with Crippen LogP contribution in [0.3, 0.4) is 0 Å². The summed E-state index contributed by atoms with van der Waals surface area (Å²) >= 11 is 0. The number of rotatable bonds is 4. The second-order valence-corrected chi connectivity index (χ2v) is 4.97. The highest BCUT2D eigenvalue weighted by Crippen LogP contribution is 2.31. The molecule has 2 heterocycles. The van der Waals surface area contributed by atoms with Crippen molar-refractivity contribution in [2.45, 2.75) is 18.8 Å². The molecule has 1 aromatic carbocycles. The molecule has 0 unspecified atom stereocenters. The summed E-state index contributed by atoms with van der Waals surface area (Å²) in [5, 5.41) is 13.9. The standard InChI is InChI=1S/C15H11F3N2O4/c16-15(17,18)10-4-1-3-9(7-10)11(21)8-20-14(22)24-13(19-20)12-5-2-6-23-12/h1-7,11,21H,8H2/t11-/m1/s1. The first-order valence-electron chi connectivity index (χ1n) is 6.81. The summed E-state index contributed by atoms with van der Waals surface area (Å²) < 4.78 is 48.9. The number of alkyl halides is 3. The molecule has 1 N–H and O–H groups in total. The van der Waals surface area contributed by atoms with E-state index in [4.69, 9.17) is 8.83 Å². The van der Waals surface area contributed by atoms with E-state index in [1.165, 1.54) is 24.5 Å². The van der Waals surface area contributed by atoms with Gasteiger partial charge in [-0.1, -0.05) is 12.1 Å². The summed E-state index contributed by atoms with van der Waals surface area (Å²) in [6.07, 6.45) is -4.52. The van der Waals surface area contributed by atoms with Gasteiger partial charge in [0.05, 0.1) is 24.5 Å². The van der Waals surface area contributed by atoms with Crippen molar-refractivity contribution in [2.24, 2.45) is 0 Å². The van der Waals surface area contributed by atoms with Crippen LogP contribution >= 0.6 is 0 Å². The lowest BCUT2D eigenvalue weighted by Gasteiger charge is -2.13. The Morgan fingerprint density at radius 1 is 1.25 bits per heavy atom. The molecule has 1 atom stereocenters. The molecule has 0 aliphatic carbocycles. The number of nitrogens with zero attached hydrogens (tertiary/aromatic N) is 2. The Morgan fingerprint density at radius 3 is 2.71 bits per heavy atom. The van der Waals surface area contributed by atoms with Crippen molar-refractivity contribution in [2.75, 3.05) is 0 Å². The van der Waals surface area contributed by atoms with Gasteiger partial charge in [0.2, 0.25) is 0 Å². The molecule has 0 radical (unpaired) electrons. The predicted octanol–water partition coefficient (Wildman–Crippen LogP) is 2.85. The molecule has 0 amide bonds. The molecule has 0 spiro atoms.